The summed E-state index contributed by atoms with van der Waals surface area (Å²) in [6.45, 7) is 1.20. The van der Waals surface area contributed by atoms with Gasteiger partial charge < -0.3 is 5.32 Å². The first-order valence-electron chi connectivity index (χ1n) is 7.18. The molecule has 1 aromatic carbocycles. The molecule has 1 aromatic rings. The second kappa shape index (κ2) is 4.81. The first-order valence-corrected chi connectivity index (χ1v) is 7.18. The summed E-state index contributed by atoms with van der Waals surface area (Å²) >= 11 is 0. The van der Waals surface area contributed by atoms with E-state index in [-0.39, 0.29) is 0 Å². The van der Waals surface area contributed by atoms with Crippen LogP contribution in [0, 0.1) is 0 Å². The molecule has 3 rings (SSSR count). The lowest BCUT2D eigenvalue weighted by atomic mass is 9.92. The Morgan fingerprint density at radius 3 is 2.35 bits per heavy atom. The largest absolute Gasteiger partial charge is 0.313 e. The van der Waals surface area contributed by atoms with Crippen molar-refractivity contribution in [3.05, 3.63) is 35.9 Å². The Morgan fingerprint density at radius 1 is 1.00 bits per heavy atom. The predicted molar refractivity (Wildman–Crippen MR) is 72.2 cm³/mol. The fourth-order valence-electron chi connectivity index (χ4n) is 3.16. The number of hydrogen-bond acceptors (Lipinski definition) is 1. The maximum atomic E-state index is 3.82. The smallest absolute Gasteiger partial charge is 0.00785 e. The standard InChI is InChI=1S/C16H23N/c1-3-7-14(8-4-1)16(11-12-16)13-17-15-9-5-2-6-10-15/h1,3-4,7-8,15,17H,2,5-6,9-13H2. The lowest BCUT2D eigenvalue weighted by Crippen LogP contribution is -2.36. The molecule has 2 aliphatic carbocycles. The Morgan fingerprint density at radius 2 is 1.71 bits per heavy atom. The molecule has 2 saturated carbocycles. The van der Waals surface area contributed by atoms with Gasteiger partial charge in [0.15, 0.2) is 0 Å². The van der Waals surface area contributed by atoms with Gasteiger partial charge in [0.25, 0.3) is 0 Å². The fraction of sp³-hybridized carbons (Fsp3) is 0.625. The molecule has 0 amide bonds. The van der Waals surface area contributed by atoms with Crippen LogP contribution in [0.2, 0.25) is 0 Å². The molecule has 0 aliphatic heterocycles. The molecule has 0 aromatic heterocycles. The molecule has 0 unspecified atom stereocenters. The molecule has 17 heavy (non-hydrogen) atoms. The number of hydrogen-bond donors (Lipinski definition) is 1. The van der Waals surface area contributed by atoms with E-state index >= 15 is 0 Å². The molecule has 0 heterocycles. The van der Waals surface area contributed by atoms with Crippen molar-refractivity contribution in [2.45, 2.75) is 56.4 Å². The van der Waals surface area contributed by atoms with Gasteiger partial charge in [-0.2, -0.15) is 0 Å². The average Bonchev–Trinajstić information content (AvgIpc) is 3.20. The summed E-state index contributed by atoms with van der Waals surface area (Å²) in [6.07, 6.45) is 9.83. The quantitative estimate of drug-likeness (QED) is 0.831. The third-order valence-electron chi connectivity index (χ3n) is 4.57. The molecule has 1 N–H and O–H groups in total. The topological polar surface area (TPSA) is 12.0 Å². The fourth-order valence-corrected chi connectivity index (χ4v) is 3.16. The van der Waals surface area contributed by atoms with Gasteiger partial charge in [0.2, 0.25) is 0 Å². The molecule has 0 radical (unpaired) electrons. The van der Waals surface area contributed by atoms with Crippen molar-refractivity contribution >= 4 is 0 Å². The maximum Gasteiger partial charge on any atom is 0.00785 e. The third-order valence-corrected chi connectivity index (χ3v) is 4.57. The molecule has 92 valence electrons. The molecule has 1 heteroatoms. The zero-order valence-corrected chi connectivity index (χ0v) is 10.6. The molecule has 1 nitrogen and oxygen atoms in total. The van der Waals surface area contributed by atoms with Gasteiger partial charge in [-0.25, -0.2) is 0 Å². The van der Waals surface area contributed by atoms with Crippen LogP contribution in [0.3, 0.4) is 0 Å². The van der Waals surface area contributed by atoms with Crippen LogP contribution in [0.5, 0.6) is 0 Å². The number of nitrogens with one attached hydrogen (secondary N) is 1. The maximum absolute atomic E-state index is 3.82. The summed E-state index contributed by atoms with van der Waals surface area (Å²) in [7, 11) is 0. The van der Waals surface area contributed by atoms with Crippen molar-refractivity contribution in [1.29, 1.82) is 0 Å². The highest BCUT2D eigenvalue weighted by Crippen LogP contribution is 2.47. The molecular weight excluding hydrogens is 206 g/mol. The van der Waals surface area contributed by atoms with Crippen LogP contribution >= 0.6 is 0 Å². The first kappa shape index (κ1) is 11.3. The van der Waals surface area contributed by atoms with Gasteiger partial charge in [-0.05, 0) is 31.2 Å². The lowest BCUT2D eigenvalue weighted by molar-refractivity contribution is 0.361. The van der Waals surface area contributed by atoms with Gasteiger partial charge >= 0.3 is 0 Å². The Bertz CT molecular complexity index is 347. The lowest BCUT2D eigenvalue weighted by Gasteiger charge is -2.26. The van der Waals surface area contributed by atoms with Gasteiger partial charge in [0.1, 0.15) is 0 Å². The van der Waals surface area contributed by atoms with Crippen molar-refractivity contribution in [3.63, 3.8) is 0 Å². The Labute approximate surface area is 105 Å². The van der Waals surface area contributed by atoms with Crippen LogP contribution in [0.15, 0.2) is 30.3 Å². The summed E-state index contributed by atoms with van der Waals surface area (Å²) < 4.78 is 0. The second-order valence-electron chi connectivity index (χ2n) is 5.86. The minimum Gasteiger partial charge on any atom is -0.313 e. The van der Waals surface area contributed by atoms with Crippen LogP contribution in [0.4, 0.5) is 0 Å². The van der Waals surface area contributed by atoms with Gasteiger partial charge in [0, 0.05) is 18.0 Å². The van der Waals surface area contributed by atoms with E-state index in [1.165, 1.54) is 51.5 Å². The van der Waals surface area contributed by atoms with Crippen LogP contribution in [-0.4, -0.2) is 12.6 Å². The Hall–Kier alpha value is -0.820. The van der Waals surface area contributed by atoms with Gasteiger partial charge in [-0.3, -0.25) is 0 Å². The van der Waals surface area contributed by atoms with Crippen molar-refractivity contribution in [1.82, 2.24) is 5.32 Å². The Balaban J connectivity index is 1.57. The molecule has 0 atom stereocenters. The van der Waals surface area contributed by atoms with Crippen LogP contribution in [-0.2, 0) is 5.41 Å². The molecule has 2 fully saturated rings. The van der Waals surface area contributed by atoms with E-state index in [2.05, 4.69) is 35.6 Å². The van der Waals surface area contributed by atoms with Crippen molar-refractivity contribution < 1.29 is 0 Å². The summed E-state index contributed by atoms with van der Waals surface area (Å²) in [4.78, 5) is 0. The highest BCUT2D eigenvalue weighted by Gasteiger charge is 2.43. The predicted octanol–water partition coefficient (Wildman–Crippen LogP) is 3.64. The van der Waals surface area contributed by atoms with Gasteiger partial charge in [0.05, 0.1) is 0 Å². The summed E-state index contributed by atoms with van der Waals surface area (Å²) in [5, 5.41) is 3.82. The zero-order valence-electron chi connectivity index (χ0n) is 10.6. The van der Waals surface area contributed by atoms with E-state index < -0.39 is 0 Å². The van der Waals surface area contributed by atoms with Gasteiger partial charge in [-0.1, -0.05) is 49.6 Å². The van der Waals surface area contributed by atoms with Crippen molar-refractivity contribution in [3.8, 4) is 0 Å². The molecule has 0 spiro atoms. The monoisotopic (exact) mass is 229 g/mol. The van der Waals surface area contributed by atoms with Crippen LogP contribution < -0.4 is 5.32 Å². The van der Waals surface area contributed by atoms with Crippen LogP contribution in [0.25, 0.3) is 0 Å². The first-order chi connectivity index (χ1) is 8.39. The van der Waals surface area contributed by atoms with E-state index in [0.717, 1.165) is 6.04 Å². The highest BCUT2D eigenvalue weighted by molar-refractivity contribution is 5.31. The third kappa shape index (κ3) is 2.55. The summed E-state index contributed by atoms with van der Waals surface area (Å²) in [5.41, 5.74) is 2.03. The highest BCUT2D eigenvalue weighted by atomic mass is 14.9. The molecule has 0 saturated heterocycles. The minimum atomic E-state index is 0.485. The Kier molecular flexibility index (Phi) is 3.19. The molecule has 2 aliphatic rings. The zero-order chi connectivity index (χ0) is 11.6. The summed E-state index contributed by atoms with van der Waals surface area (Å²) in [5.74, 6) is 0. The summed E-state index contributed by atoms with van der Waals surface area (Å²) in [6, 6.07) is 11.9. The normalized spacial score (nSPS) is 23.5. The van der Waals surface area contributed by atoms with Gasteiger partial charge in [-0.15, -0.1) is 0 Å². The second-order valence-corrected chi connectivity index (χ2v) is 5.86. The van der Waals surface area contributed by atoms with E-state index in [0.29, 0.717) is 5.41 Å². The number of rotatable bonds is 4. The minimum absolute atomic E-state index is 0.485. The van der Waals surface area contributed by atoms with Crippen molar-refractivity contribution in [2.24, 2.45) is 0 Å². The number of benzene rings is 1. The van der Waals surface area contributed by atoms with Crippen LogP contribution in [0.1, 0.15) is 50.5 Å². The van der Waals surface area contributed by atoms with E-state index in [1.807, 2.05) is 0 Å². The SMILES string of the molecule is c1ccc(C2(CNC3CCCCC3)CC2)cc1. The van der Waals surface area contributed by atoms with E-state index in [9.17, 15) is 0 Å². The van der Waals surface area contributed by atoms with E-state index in [4.69, 9.17) is 0 Å². The van der Waals surface area contributed by atoms with E-state index in [1.54, 1.807) is 5.56 Å². The average molecular weight is 229 g/mol. The van der Waals surface area contributed by atoms with Crippen molar-refractivity contribution in [2.75, 3.05) is 6.54 Å². The molecular formula is C16H23N. The molecule has 0 bridgehead atoms.